The van der Waals surface area contributed by atoms with E-state index in [-0.39, 0.29) is 12.0 Å². The predicted octanol–water partition coefficient (Wildman–Crippen LogP) is 5.64. The average molecular weight is 590 g/mol. The molecular weight excluding hydrogens is 530 g/mol. The number of aliphatic hydroxyl groups is 1. The molecule has 2 unspecified atom stereocenters. The van der Waals surface area contributed by atoms with Gasteiger partial charge in [-0.3, -0.25) is 25.4 Å². The lowest BCUT2D eigenvalue weighted by Crippen LogP contribution is -2.31. The van der Waals surface area contributed by atoms with E-state index in [4.69, 9.17) is 9.47 Å². The number of ether oxygens (including phenoxy) is 2. The van der Waals surface area contributed by atoms with E-state index < -0.39 is 6.29 Å². The first-order valence-corrected chi connectivity index (χ1v) is 14.8. The third-order valence-corrected chi connectivity index (χ3v) is 4.85. The predicted molar refractivity (Wildman–Crippen MR) is 181 cm³/mol. The normalized spacial score (nSPS) is 15.4. The van der Waals surface area contributed by atoms with Gasteiger partial charge < -0.3 is 19.9 Å². The minimum atomic E-state index is -0.834. The number of carbonyl (C=O) groups is 1. The Kier molecular flexibility index (Phi) is 35.5. The molecule has 0 saturated carbocycles. The molecule has 0 spiro atoms. The molecule has 9 nitrogen and oxygen atoms in total. The van der Waals surface area contributed by atoms with Crippen LogP contribution < -0.4 is 16.0 Å². The van der Waals surface area contributed by atoms with Gasteiger partial charge in [0.15, 0.2) is 6.29 Å². The van der Waals surface area contributed by atoms with Crippen molar-refractivity contribution in [3.63, 3.8) is 0 Å². The number of methoxy groups -OCH3 is 1. The second kappa shape index (κ2) is 34.3. The Labute approximate surface area is 256 Å². The molecule has 0 aliphatic heterocycles. The minimum Gasteiger partial charge on any atom is -0.374 e. The van der Waals surface area contributed by atoms with Crippen LogP contribution in [-0.4, -0.2) is 75.5 Å². The number of hydrogen-bond donors (Lipinski definition) is 4. The molecule has 4 N–H and O–H groups in total. The SMILES string of the molecule is C=CC.C=CCNC/N=C(\C=C/C)C(=O)NC(/C=N\CNCC)=C/C.CC.CCCCOC1C=C(C(O)OC)C=CC1. The number of carbonyl (C=O) groups excluding carboxylic acids is 1. The van der Waals surface area contributed by atoms with Crippen molar-refractivity contribution in [3.8, 4) is 0 Å². The Morgan fingerprint density at radius 1 is 1.19 bits per heavy atom. The molecule has 1 aliphatic carbocycles. The highest BCUT2D eigenvalue weighted by Crippen LogP contribution is 2.17. The second-order valence-electron chi connectivity index (χ2n) is 8.28. The van der Waals surface area contributed by atoms with E-state index in [0.29, 0.717) is 31.3 Å². The van der Waals surface area contributed by atoms with Gasteiger partial charge in [0.2, 0.25) is 0 Å². The van der Waals surface area contributed by atoms with Crippen LogP contribution in [0.3, 0.4) is 0 Å². The molecule has 0 fully saturated rings. The molecule has 0 aromatic heterocycles. The average Bonchev–Trinajstić information content (AvgIpc) is 3.01. The van der Waals surface area contributed by atoms with Crippen molar-refractivity contribution in [2.75, 3.05) is 40.1 Å². The fourth-order valence-corrected chi connectivity index (χ4v) is 2.83. The van der Waals surface area contributed by atoms with Gasteiger partial charge in [0.05, 0.1) is 25.1 Å². The standard InChI is InChI=1S/C16H27N5O.C12H20O3.C3H6.C2H6/c1-5-9-15(20-13-18-10-6-2)16(22)21-14(7-3)11-19-12-17-8-4;1-3-4-8-15-11-7-5-6-10(9-11)12(13)14-2;1-3-2;1-2/h5-7,9,11,17-18H,2,8,10,12-13H2,1,3-4H3,(H,21,22);5-6,9,11-13H,3-4,7-8H2,1-2H3;3H,1H2,2H3;1-2H3/b9-5-,14-7+,19-11-,20-15+;;;. The number of allylic oxidation sites excluding steroid dienone is 4. The van der Waals surface area contributed by atoms with E-state index in [1.807, 2.05) is 59.8 Å². The van der Waals surface area contributed by atoms with Crippen molar-refractivity contribution in [2.45, 2.75) is 80.1 Å². The van der Waals surface area contributed by atoms with E-state index in [2.05, 4.69) is 46.0 Å². The van der Waals surface area contributed by atoms with Gasteiger partial charge in [-0.05, 0) is 52.3 Å². The molecule has 1 rings (SSSR count). The third-order valence-electron chi connectivity index (χ3n) is 4.85. The lowest BCUT2D eigenvalue weighted by atomic mass is 10.0. The first-order valence-electron chi connectivity index (χ1n) is 14.8. The van der Waals surface area contributed by atoms with Gasteiger partial charge in [-0.2, -0.15) is 0 Å². The fourth-order valence-electron chi connectivity index (χ4n) is 2.83. The molecule has 0 radical (unpaired) electrons. The molecule has 42 heavy (non-hydrogen) atoms. The van der Waals surface area contributed by atoms with Crippen LogP contribution in [0, 0.1) is 0 Å². The van der Waals surface area contributed by atoms with Crippen LogP contribution >= 0.6 is 0 Å². The highest BCUT2D eigenvalue weighted by atomic mass is 16.6. The number of amides is 1. The second-order valence-corrected chi connectivity index (χ2v) is 8.28. The summed E-state index contributed by atoms with van der Waals surface area (Å²) in [7, 11) is 1.49. The third kappa shape index (κ3) is 26.0. The number of unbranched alkanes of at least 4 members (excludes halogenated alkanes) is 1. The molecule has 0 heterocycles. The molecular formula is C33H59N5O4. The molecule has 9 heteroatoms. The molecule has 0 saturated heterocycles. The highest BCUT2D eigenvalue weighted by molar-refractivity contribution is 6.44. The van der Waals surface area contributed by atoms with Crippen LogP contribution in [0.4, 0.5) is 0 Å². The monoisotopic (exact) mass is 589 g/mol. The van der Waals surface area contributed by atoms with Crippen molar-refractivity contribution in [1.29, 1.82) is 0 Å². The summed E-state index contributed by atoms with van der Waals surface area (Å²) in [6.45, 7) is 23.8. The van der Waals surface area contributed by atoms with Crippen LogP contribution in [-0.2, 0) is 14.3 Å². The van der Waals surface area contributed by atoms with E-state index in [1.54, 1.807) is 36.6 Å². The lowest BCUT2D eigenvalue weighted by Gasteiger charge is -2.19. The van der Waals surface area contributed by atoms with Crippen LogP contribution in [0.25, 0.3) is 0 Å². The van der Waals surface area contributed by atoms with Crippen LogP contribution in [0.5, 0.6) is 0 Å². The largest absolute Gasteiger partial charge is 0.374 e. The Bertz CT molecular complexity index is 861. The zero-order valence-corrected chi connectivity index (χ0v) is 27.5. The van der Waals surface area contributed by atoms with Gasteiger partial charge in [-0.25, -0.2) is 0 Å². The van der Waals surface area contributed by atoms with Crippen molar-refractivity contribution < 1.29 is 19.4 Å². The highest BCUT2D eigenvalue weighted by Gasteiger charge is 2.14. The number of hydrogen-bond acceptors (Lipinski definition) is 8. The smallest absolute Gasteiger partial charge is 0.273 e. The zero-order chi connectivity index (χ0) is 32.4. The summed E-state index contributed by atoms with van der Waals surface area (Å²) in [5.74, 6) is -0.262. The van der Waals surface area contributed by atoms with E-state index in [9.17, 15) is 9.90 Å². The van der Waals surface area contributed by atoms with Crippen molar-refractivity contribution >= 4 is 17.8 Å². The van der Waals surface area contributed by atoms with E-state index >= 15 is 0 Å². The first kappa shape index (κ1) is 43.5. The number of aliphatic hydroxyl groups excluding tert-OH is 1. The van der Waals surface area contributed by atoms with Crippen molar-refractivity contribution in [3.05, 3.63) is 73.0 Å². The van der Waals surface area contributed by atoms with Gasteiger partial charge in [0, 0.05) is 32.0 Å². The maximum atomic E-state index is 12.2. The quantitative estimate of drug-likeness (QED) is 0.0756. The van der Waals surface area contributed by atoms with Gasteiger partial charge in [-0.15, -0.1) is 13.2 Å². The summed E-state index contributed by atoms with van der Waals surface area (Å²) in [5, 5.41) is 18.4. The molecule has 2 atom stereocenters. The lowest BCUT2D eigenvalue weighted by molar-refractivity contribution is -0.114. The Morgan fingerprint density at radius 2 is 1.88 bits per heavy atom. The first-order chi connectivity index (χ1) is 20.4. The number of rotatable bonds is 17. The molecule has 0 bridgehead atoms. The maximum absolute atomic E-state index is 12.2. The fraction of sp³-hybridized carbons (Fsp3) is 0.545. The van der Waals surface area contributed by atoms with Crippen molar-refractivity contribution in [2.24, 2.45) is 9.98 Å². The topological polar surface area (TPSA) is 117 Å². The summed E-state index contributed by atoms with van der Waals surface area (Å²) in [6, 6.07) is 0. The summed E-state index contributed by atoms with van der Waals surface area (Å²) in [5.41, 5.74) is 1.78. The molecule has 240 valence electrons. The summed E-state index contributed by atoms with van der Waals surface area (Å²) in [4.78, 5) is 20.6. The van der Waals surface area contributed by atoms with Crippen LogP contribution in [0.15, 0.2) is 83.0 Å². The summed E-state index contributed by atoms with van der Waals surface area (Å²) in [6.07, 6.45) is 18.5. The zero-order valence-electron chi connectivity index (χ0n) is 27.5. The van der Waals surface area contributed by atoms with E-state index in [0.717, 1.165) is 38.0 Å². The molecule has 1 amide bonds. The maximum Gasteiger partial charge on any atom is 0.273 e. The van der Waals surface area contributed by atoms with Crippen LogP contribution in [0.2, 0.25) is 0 Å². The van der Waals surface area contributed by atoms with E-state index in [1.165, 1.54) is 7.11 Å². The van der Waals surface area contributed by atoms with Crippen molar-refractivity contribution in [1.82, 2.24) is 16.0 Å². The number of aliphatic imine (C=N–C) groups is 2. The summed E-state index contributed by atoms with van der Waals surface area (Å²) >= 11 is 0. The summed E-state index contributed by atoms with van der Waals surface area (Å²) < 4.78 is 10.5. The Hall–Kier alpha value is -2.95. The Morgan fingerprint density at radius 3 is 2.43 bits per heavy atom. The minimum absolute atomic E-state index is 0.0846. The van der Waals surface area contributed by atoms with Gasteiger partial charge >= 0.3 is 0 Å². The number of nitrogens with one attached hydrogen (secondary N) is 3. The van der Waals surface area contributed by atoms with Gasteiger partial charge in [-0.1, -0.05) is 70.6 Å². The Balaban J connectivity index is -0.000000656. The van der Waals surface area contributed by atoms with Gasteiger partial charge in [0.1, 0.15) is 5.71 Å². The van der Waals surface area contributed by atoms with Crippen LogP contribution in [0.1, 0.15) is 67.7 Å². The molecule has 0 aromatic rings. The van der Waals surface area contributed by atoms with Gasteiger partial charge in [0.25, 0.3) is 5.91 Å². The number of nitrogens with zero attached hydrogens (tertiary/aromatic N) is 2. The molecule has 0 aromatic carbocycles. The molecule has 1 aliphatic rings.